The Labute approximate surface area is 104 Å². The third-order valence-corrected chi connectivity index (χ3v) is 3.25. The van der Waals surface area contributed by atoms with Crippen molar-refractivity contribution in [3.05, 3.63) is 33.6 Å². The zero-order valence-electron chi connectivity index (χ0n) is 9.94. The molecule has 0 fully saturated rings. The van der Waals surface area contributed by atoms with Crippen LogP contribution in [0.3, 0.4) is 0 Å². The molecule has 2 rings (SSSR count). The van der Waals surface area contributed by atoms with Crippen molar-refractivity contribution in [3.63, 3.8) is 0 Å². The minimum atomic E-state index is 0.473. The number of nitriles is 1. The van der Waals surface area contributed by atoms with E-state index in [4.69, 9.17) is 10.00 Å². The monoisotopic (exact) mass is 244 g/mol. The van der Waals surface area contributed by atoms with Gasteiger partial charge in [0.2, 0.25) is 0 Å². The van der Waals surface area contributed by atoms with Gasteiger partial charge in [0, 0.05) is 10.9 Å². The highest BCUT2D eigenvalue weighted by molar-refractivity contribution is 7.10. The second kappa shape index (κ2) is 4.56. The number of thiazole rings is 1. The molecule has 0 aliphatic rings. The van der Waals surface area contributed by atoms with Gasteiger partial charge in [0.15, 0.2) is 5.01 Å². The van der Waals surface area contributed by atoms with E-state index in [9.17, 15) is 0 Å². The second-order valence-electron chi connectivity index (χ2n) is 3.81. The molecule has 2 aromatic rings. The first kappa shape index (κ1) is 11.6. The van der Waals surface area contributed by atoms with Crippen LogP contribution in [0.5, 0.6) is 5.75 Å². The second-order valence-corrected chi connectivity index (χ2v) is 4.67. The lowest BCUT2D eigenvalue weighted by Gasteiger charge is -2.10. The van der Waals surface area contributed by atoms with Gasteiger partial charge in [-0.3, -0.25) is 0 Å². The molecule has 0 radical (unpaired) electrons. The highest BCUT2D eigenvalue weighted by Gasteiger charge is 2.12. The molecular formula is C13H12N2OS. The molecule has 4 heteroatoms. The Kier molecular flexibility index (Phi) is 3.12. The third kappa shape index (κ3) is 2.15. The van der Waals surface area contributed by atoms with Gasteiger partial charge in [-0.15, -0.1) is 11.3 Å². The summed E-state index contributed by atoms with van der Waals surface area (Å²) in [5.41, 5.74) is 3.98. The van der Waals surface area contributed by atoms with E-state index in [1.54, 1.807) is 7.11 Å². The number of aryl methyl sites for hydroxylation is 2. The van der Waals surface area contributed by atoms with Gasteiger partial charge >= 0.3 is 0 Å². The van der Waals surface area contributed by atoms with E-state index in [1.807, 2.05) is 25.3 Å². The van der Waals surface area contributed by atoms with Crippen LogP contribution >= 0.6 is 11.3 Å². The molecule has 0 aliphatic heterocycles. The SMILES string of the molecule is COc1c(C)cc(C)cc1-c1csc(C#N)n1. The summed E-state index contributed by atoms with van der Waals surface area (Å²) < 4.78 is 5.41. The van der Waals surface area contributed by atoms with Crippen LogP contribution in [0.1, 0.15) is 16.1 Å². The smallest absolute Gasteiger partial charge is 0.194 e. The molecule has 0 aliphatic carbocycles. The first-order chi connectivity index (χ1) is 8.15. The molecule has 86 valence electrons. The van der Waals surface area contributed by atoms with Crippen LogP contribution in [0, 0.1) is 25.2 Å². The summed E-state index contributed by atoms with van der Waals surface area (Å²) in [5, 5.41) is 11.2. The topological polar surface area (TPSA) is 45.9 Å². The van der Waals surface area contributed by atoms with Crippen molar-refractivity contribution < 1.29 is 4.74 Å². The maximum absolute atomic E-state index is 8.80. The highest BCUT2D eigenvalue weighted by Crippen LogP contribution is 2.34. The standard InChI is InChI=1S/C13H12N2OS/c1-8-4-9(2)13(16-3)10(5-8)11-7-17-12(6-14)15-11/h4-5,7H,1-3H3. The van der Waals surface area contributed by atoms with Gasteiger partial charge in [-0.1, -0.05) is 6.07 Å². The minimum absolute atomic E-state index is 0.473. The van der Waals surface area contributed by atoms with Crippen molar-refractivity contribution in [3.8, 4) is 23.1 Å². The normalized spacial score (nSPS) is 10.0. The van der Waals surface area contributed by atoms with Gasteiger partial charge in [-0.25, -0.2) is 4.98 Å². The average Bonchev–Trinajstić information content (AvgIpc) is 2.76. The van der Waals surface area contributed by atoms with Gasteiger partial charge in [-0.05, 0) is 31.0 Å². The van der Waals surface area contributed by atoms with Crippen molar-refractivity contribution in [2.75, 3.05) is 7.11 Å². The Hall–Kier alpha value is -1.86. The quantitative estimate of drug-likeness (QED) is 0.814. The number of ether oxygens (including phenoxy) is 1. The summed E-state index contributed by atoms with van der Waals surface area (Å²) in [5.74, 6) is 0.824. The van der Waals surface area contributed by atoms with Crippen molar-refractivity contribution in [2.45, 2.75) is 13.8 Å². The number of benzene rings is 1. The van der Waals surface area contributed by atoms with Crippen LogP contribution in [-0.4, -0.2) is 12.1 Å². The van der Waals surface area contributed by atoms with Crippen molar-refractivity contribution in [1.29, 1.82) is 5.26 Å². The maximum Gasteiger partial charge on any atom is 0.194 e. The summed E-state index contributed by atoms with van der Waals surface area (Å²) in [6.07, 6.45) is 0. The number of aromatic nitrogens is 1. The average molecular weight is 244 g/mol. The first-order valence-corrected chi connectivity index (χ1v) is 6.05. The zero-order valence-corrected chi connectivity index (χ0v) is 10.8. The number of nitrogens with zero attached hydrogens (tertiary/aromatic N) is 2. The van der Waals surface area contributed by atoms with Crippen molar-refractivity contribution in [2.24, 2.45) is 0 Å². The van der Waals surface area contributed by atoms with E-state index in [1.165, 1.54) is 11.3 Å². The van der Waals surface area contributed by atoms with Crippen LogP contribution < -0.4 is 4.74 Å². The molecule has 17 heavy (non-hydrogen) atoms. The van der Waals surface area contributed by atoms with E-state index >= 15 is 0 Å². The van der Waals surface area contributed by atoms with Crippen LogP contribution in [0.4, 0.5) is 0 Å². The van der Waals surface area contributed by atoms with Gasteiger partial charge < -0.3 is 4.74 Å². The molecule has 0 atom stereocenters. The third-order valence-electron chi connectivity index (χ3n) is 2.50. The molecule has 1 aromatic heterocycles. The molecule has 0 unspecified atom stereocenters. The van der Waals surface area contributed by atoms with Crippen LogP contribution in [0.2, 0.25) is 0 Å². The molecule has 0 saturated carbocycles. The molecule has 1 aromatic carbocycles. The van der Waals surface area contributed by atoms with Gasteiger partial charge in [0.1, 0.15) is 11.8 Å². The molecule has 0 spiro atoms. The molecule has 0 bridgehead atoms. The van der Waals surface area contributed by atoms with E-state index in [0.717, 1.165) is 28.1 Å². The lowest BCUT2D eigenvalue weighted by Crippen LogP contribution is -1.93. The number of hydrogen-bond acceptors (Lipinski definition) is 4. The predicted molar refractivity (Wildman–Crippen MR) is 68.3 cm³/mol. The summed E-state index contributed by atoms with van der Waals surface area (Å²) in [6, 6.07) is 6.15. The van der Waals surface area contributed by atoms with Crippen LogP contribution in [0.15, 0.2) is 17.5 Å². The van der Waals surface area contributed by atoms with Gasteiger partial charge in [0.05, 0.1) is 12.8 Å². The number of methoxy groups -OCH3 is 1. The predicted octanol–water partition coefficient (Wildman–Crippen LogP) is 3.31. The Morgan fingerprint density at radius 2 is 2.12 bits per heavy atom. The molecule has 3 nitrogen and oxygen atoms in total. The lowest BCUT2D eigenvalue weighted by molar-refractivity contribution is 0.413. The molecule has 0 N–H and O–H groups in total. The summed E-state index contributed by atoms with van der Waals surface area (Å²) >= 11 is 1.35. The fraction of sp³-hybridized carbons (Fsp3) is 0.231. The molecule has 0 amide bonds. The van der Waals surface area contributed by atoms with E-state index in [-0.39, 0.29) is 0 Å². The van der Waals surface area contributed by atoms with E-state index in [2.05, 4.69) is 17.1 Å². The fourth-order valence-corrected chi connectivity index (χ4v) is 2.47. The van der Waals surface area contributed by atoms with Gasteiger partial charge in [-0.2, -0.15) is 5.26 Å². The molecule has 1 heterocycles. The maximum atomic E-state index is 8.80. The van der Waals surface area contributed by atoms with E-state index < -0.39 is 0 Å². The van der Waals surface area contributed by atoms with Crippen LogP contribution in [0.25, 0.3) is 11.3 Å². The Morgan fingerprint density at radius 3 is 2.71 bits per heavy atom. The Morgan fingerprint density at radius 1 is 1.35 bits per heavy atom. The lowest BCUT2D eigenvalue weighted by atomic mass is 10.0. The highest BCUT2D eigenvalue weighted by atomic mass is 32.1. The Bertz CT molecular complexity index is 596. The minimum Gasteiger partial charge on any atom is -0.496 e. The Balaban J connectivity index is 2.62. The van der Waals surface area contributed by atoms with E-state index in [0.29, 0.717) is 5.01 Å². The van der Waals surface area contributed by atoms with Gasteiger partial charge in [0.25, 0.3) is 0 Å². The molecule has 0 saturated heterocycles. The zero-order chi connectivity index (χ0) is 12.4. The largest absolute Gasteiger partial charge is 0.496 e. The fourth-order valence-electron chi connectivity index (χ4n) is 1.86. The van der Waals surface area contributed by atoms with Crippen molar-refractivity contribution >= 4 is 11.3 Å². The summed E-state index contributed by atoms with van der Waals surface area (Å²) in [6.45, 7) is 4.04. The first-order valence-electron chi connectivity index (χ1n) is 5.17. The molecular weight excluding hydrogens is 232 g/mol. The summed E-state index contributed by atoms with van der Waals surface area (Å²) in [7, 11) is 1.65. The van der Waals surface area contributed by atoms with Crippen LogP contribution in [-0.2, 0) is 0 Å². The number of hydrogen-bond donors (Lipinski definition) is 0. The van der Waals surface area contributed by atoms with Crippen molar-refractivity contribution in [1.82, 2.24) is 4.98 Å². The summed E-state index contributed by atoms with van der Waals surface area (Å²) in [4.78, 5) is 4.27. The number of rotatable bonds is 2.